The van der Waals surface area contributed by atoms with Crippen LogP contribution in [0.4, 0.5) is 0 Å². The van der Waals surface area contributed by atoms with E-state index in [1.165, 1.54) is 0 Å². The van der Waals surface area contributed by atoms with Gasteiger partial charge < -0.3 is 15.3 Å². The Morgan fingerprint density at radius 2 is 1.75 bits per heavy atom. The number of hydrogen-bond acceptors (Lipinski definition) is 3. The smallest absolute Gasteiger partial charge is 0.192 e. The lowest BCUT2D eigenvalue weighted by atomic mass is 10.0. The summed E-state index contributed by atoms with van der Waals surface area (Å²) in [7, 11) is -1.82. The Balaban J connectivity index is 2.49. The minimum absolute atomic E-state index is 0.149. The highest BCUT2D eigenvalue weighted by atomic mass is 28.4. The lowest BCUT2D eigenvalue weighted by molar-refractivity contribution is 0.0787. The molecule has 1 aromatic rings. The summed E-state index contributed by atoms with van der Waals surface area (Å²) in [5.74, 6) is 0. The minimum Gasteiger partial charge on any atom is -0.414 e. The minimum atomic E-state index is -1.82. The van der Waals surface area contributed by atoms with Gasteiger partial charge >= 0.3 is 0 Å². The van der Waals surface area contributed by atoms with Crippen molar-refractivity contribution >= 4 is 8.32 Å². The van der Waals surface area contributed by atoms with Crippen molar-refractivity contribution < 1.29 is 9.53 Å². The van der Waals surface area contributed by atoms with Gasteiger partial charge in [0.15, 0.2) is 8.32 Å². The number of hydrogen-bond donors (Lipinski definition) is 2. The summed E-state index contributed by atoms with van der Waals surface area (Å²) in [6.45, 7) is 11.3. The molecule has 0 spiro atoms. The predicted octanol–water partition coefficient (Wildman–Crippen LogP) is 2.94. The molecule has 2 atom stereocenters. The Kier molecular flexibility index (Phi) is 5.95. The van der Waals surface area contributed by atoms with E-state index in [2.05, 4.69) is 33.9 Å². The van der Waals surface area contributed by atoms with Crippen LogP contribution in [-0.2, 0) is 10.8 Å². The quantitative estimate of drug-likeness (QED) is 0.793. The van der Waals surface area contributed by atoms with Gasteiger partial charge in [-0.3, -0.25) is 0 Å². The average molecular weight is 295 g/mol. The van der Waals surface area contributed by atoms with E-state index in [0.717, 1.165) is 5.56 Å². The summed E-state index contributed by atoms with van der Waals surface area (Å²) in [5.41, 5.74) is 7.22. The largest absolute Gasteiger partial charge is 0.414 e. The van der Waals surface area contributed by atoms with Gasteiger partial charge in [0.05, 0.1) is 12.7 Å². The van der Waals surface area contributed by atoms with E-state index in [-0.39, 0.29) is 11.1 Å². The number of aliphatic hydroxyl groups excluding tert-OH is 1. The molecule has 1 rings (SSSR count). The van der Waals surface area contributed by atoms with Crippen molar-refractivity contribution in [3.05, 3.63) is 35.9 Å². The molecule has 0 aliphatic heterocycles. The SMILES string of the molecule is CC(C)(C)[Si](C)(C)OCC(O)C(N)Cc1ccccc1. The van der Waals surface area contributed by atoms with Gasteiger partial charge in [-0.15, -0.1) is 0 Å². The molecule has 4 heteroatoms. The molecular weight excluding hydrogens is 266 g/mol. The van der Waals surface area contributed by atoms with Gasteiger partial charge in [0.1, 0.15) is 0 Å². The first-order valence-electron chi connectivity index (χ1n) is 7.25. The van der Waals surface area contributed by atoms with Crippen LogP contribution in [0.3, 0.4) is 0 Å². The van der Waals surface area contributed by atoms with E-state index in [4.69, 9.17) is 10.2 Å². The highest BCUT2D eigenvalue weighted by Crippen LogP contribution is 2.36. The number of aliphatic hydroxyl groups is 1. The Labute approximate surface area is 124 Å². The molecule has 114 valence electrons. The first-order valence-corrected chi connectivity index (χ1v) is 10.2. The predicted molar refractivity (Wildman–Crippen MR) is 87.3 cm³/mol. The highest BCUT2D eigenvalue weighted by Gasteiger charge is 2.37. The molecule has 0 aliphatic carbocycles. The van der Waals surface area contributed by atoms with Crippen molar-refractivity contribution in [1.82, 2.24) is 0 Å². The van der Waals surface area contributed by atoms with Gasteiger partial charge in [0, 0.05) is 6.04 Å². The van der Waals surface area contributed by atoms with Crippen molar-refractivity contribution in [2.24, 2.45) is 5.73 Å². The Bertz CT molecular complexity index is 401. The van der Waals surface area contributed by atoms with Crippen LogP contribution in [0.25, 0.3) is 0 Å². The Hall–Kier alpha value is -0.683. The second-order valence-corrected chi connectivity index (χ2v) is 11.8. The molecule has 0 aliphatic rings. The van der Waals surface area contributed by atoms with Gasteiger partial charge in [-0.1, -0.05) is 51.1 Å². The van der Waals surface area contributed by atoms with Crippen LogP contribution in [0.2, 0.25) is 18.1 Å². The maximum atomic E-state index is 10.2. The molecule has 0 aromatic heterocycles. The summed E-state index contributed by atoms with van der Waals surface area (Å²) in [6.07, 6.45) is 0.0485. The van der Waals surface area contributed by atoms with E-state index in [1.54, 1.807) is 0 Å². The van der Waals surface area contributed by atoms with E-state index in [1.807, 2.05) is 30.3 Å². The molecule has 0 amide bonds. The first-order chi connectivity index (χ1) is 9.13. The van der Waals surface area contributed by atoms with Crippen molar-refractivity contribution in [2.75, 3.05) is 6.61 Å². The Morgan fingerprint density at radius 1 is 1.20 bits per heavy atom. The van der Waals surface area contributed by atoms with Gasteiger partial charge in [-0.05, 0) is 30.1 Å². The van der Waals surface area contributed by atoms with E-state index < -0.39 is 14.4 Å². The van der Waals surface area contributed by atoms with E-state index in [0.29, 0.717) is 13.0 Å². The molecule has 3 nitrogen and oxygen atoms in total. The van der Waals surface area contributed by atoms with E-state index in [9.17, 15) is 5.11 Å². The average Bonchev–Trinajstić information content (AvgIpc) is 2.35. The topological polar surface area (TPSA) is 55.5 Å². The van der Waals surface area contributed by atoms with Gasteiger partial charge in [-0.2, -0.15) is 0 Å². The molecular formula is C16H29NO2Si. The maximum absolute atomic E-state index is 10.2. The molecule has 0 heterocycles. The van der Waals surface area contributed by atoms with Crippen LogP contribution in [0, 0.1) is 0 Å². The first kappa shape index (κ1) is 17.4. The molecule has 0 bridgehead atoms. The van der Waals surface area contributed by atoms with Crippen LogP contribution in [0.15, 0.2) is 30.3 Å². The lowest BCUT2D eigenvalue weighted by Crippen LogP contribution is -2.46. The summed E-state index contributed by atoms with van der Waals surface area (Å²) in [5, 5.41) is 10.3. The monoisotopic (exact) mass is 295 g/mol. The van der Waals surface area contributed by atoms with Crippen molar-refractivity contribution in [2.45, 2.75) is 57.5 Å². The van der Waals surface area contributed by atoms with Crippen LogP contribution in [-0.4, -0.2) is 32.2 Å². The highest BCUT2D eigenvalue weighted by molar-refractivity contribution is 6.74. The molecule has 20 heavy (non-hydrogen) atoms. The second-order valence-electron chi connectivity index (χ2n) is 6.99. The maximum Gasteiger partial charge on any atom is 0.192 e. The van der Waals surface area contributed by atoms with Crippen LogP contribution in [0.5, 0.6) is 0 Å². The number of rotatable bonds is 6. The molecule has 3 N–H and O–H groups in total. The normalized spacial score (nSPS) is 15.9. The number of benzene rings is 1. The molecule has 0 radical (unpaired) electrons. The molecule has 0 saturated heterocycles. The fourth-order valence-corrected chi connectivity index (χ4v) is 2.68. The summed E-state index contributed by atoms with van der Waals surface area (Å²) in [4.78, 5) is 0. The fourth-order valence-electron chi connectivity index (χ4n) is 1.66. The molecule has 0 saturated carbocycles. The third kappa shape index (κ3) is 5.02. The van der Waals surface area contributed by atoms with Gasteiger partial charge in [-0.25, -0.2) is 0 Å². The fraction of sp³-hybridized carbons (Fsp3) is 0.625. The van der Waals surface area contributed by atoms with Crippen molar-refractivity contribution in [1.29, 1.82) is 0 Å². The number of nitrogens with two attached hydrogens (primary N) is 1. The van der Waals surface area contributed by atoms with Crippen molar-refractivity contribution in [3.63, 3.8) is 0 Å². The van der Waals surface area contributed by atoms with Gasteiger partial charge in [0.25, 0.3) is 0 Å². The zero-order valence-electron chi connectivity index (χ0n) is 13.4. The van der Waals surface area contributed by atoms with Gasteiger partial charge in [0.2, 0.25) is 0 Å². The van der Waals surface area contributed by atoms with Crippen molar-refractivity contribution in [3.8, 4) is 0 Å². The molecule has 1 aromatic carbocycles. The van der Waals surface area contributed by atoms with E-state index >= 15 is 0 Å². The third-order valence-electron chi connectivity index (χ3n) is 4.23. The summed E-state index contributed by atoms with van der Waals surface area (Å²) < 4.78 is 6.02. The van der Waals surface area contributed by atoms with Crippen LogP contribution < -0.4 is 5.73 Å². The molecule has 0 fully saturated rings. The second kappa shape index (κ2) is 6.85. The van der Waals surface area contributed by atoms with Crippen LogP contribution in [0.1, 0.15) is 26.3 Å². The standard InChI is InChI=1S/C16H29NO2Si/c1-16(2,3)20(4,5)19-12-15(18)14(17)11-13-9-7-6-8-10-13/h6-10,14-15,18H,11-12,17H2,1-5H3. The molecule has 2 unspecified atom stereocenters. The summed E-state index contributed by atoms with van der Waals surface area (Å²) >= 11 is 0. The van der Waals surface area contributed by atoms with Crippen LogP contribution >= 0.6 is 0 Å². The Morgan fingerprint density at radius 3 is 2.25 bits per heavy atom. The zero-order valence-corrected chi connectivity index (χ0v) is 14.4. The lowest BCUT2D eigenvalue weighted by Gasteiger charge is -2.37. The summed E-state index contributed by atoms with van der Waals surface area (Å²) in [6, 6.07) is 9.72. The third-order valence-corrected chi connectivity index (χ3v) is 8.73. The zero-order chi connectivity index (χ0) is 15.4.